The van der Waals surface area contributed by atoms with Crippen LogP contribution in [0.1, 0.15) is 106 Å². The Bertz CT molecular complexity index is 2780. The van der Waals surface area contributed by atoms with Crippen LogP contribution in [0.2, 0.25) is 0 Å². The molecule has 3 amide bonds. The predicted octanol–water partition coefficient (Wildman–Crippen LogP) is 8.05. The van der Waals surface area contributed by atoms with Crippen molar-refractivity contribution in [2.75, 3.05) is 71.1 Å². The van der Waals surface area contributed by atoms with Crippen molar-refractivity contribution in [3.8, 4) is 10.4 Å². The molecule has 16 nitrogen and oxygen atoms in total. The molecule has 3 aromatic carbocycles. The van der Waals surface area contributed by atoms with Crippen molar-refractivity contribution in [3.63, 3.8) is 0 Å². The lowest BCUT2D eigenvalue weighted by Crippen LogP contribution is -2.53. The molecule has 1 saturated heterocycles. The summed E-state index contributed by atoms with van der Waals surface area (Å²) in [6.07, 6.45) is -1.95. The summed E-state index contributed by atoms with van der Waals surface area (Å²) < 4.78 is 53.9. The first-order valence-electron chi connectivity index (χ1n) is 26.3. The van der Waals surface area contributed by atoms with Crippen LogP contribution in [0.15, 0.2) is 72.2 Å². The van der Waals surface area contributed by atoms with Gasteiger partial charge in [-0.05, 0) is 104 Å². The van der Waals surface area contributed by atoms with Crippen molar-refractivity contribution < 1.29 is 52.0 Å². The van der Waals surface area contributed by atoms with Crippen LogP contribution in [0.25, 0.3) is 21.5 Å². The van der Waals surface area contributed by atoms with Crippen LogP contribution in [0.5, 0.6) is 0 Å². The maximum atomic E-state index is 14.1. The van der Waals surface area contributed by atoms with E-state index in [0.717, 1.165) is 103 Å². The second-order valence-corrected chi connectivity index (χ2v) is 22.4. The molecular weight excluding hydrogens is 1010 g/mol. The highest BCUT2D eigenvalue weighted by Gasteiger charge is 2.47. The number of carbonyl (C=O) groups excluding carboxylic acids is 4. The third-order valence-electron chi connectivity index (χ3n) is 15.0. The highest BCUT2D eigenvalue weighted by atomic mass is 32.1. The second kappa shape index (κ2) is 26.4. The zero-order valence-corrected chi connectivity index (χ0v) is 44.6. The minimum absolute atomic E-state index is 0. The number of aryl methyl sites for hydroxylation is 1. The number of ketones is 1. The average molecular weight is 1090 g/mol. The topological polar surface area (TPSA) is 200 Å². The summed E-state index contributed by atoms with van der Waals surface area (Å²) in [7, 11) is 0. The molecule has 5 N–H and O–H groups in total. The number of aliphatic hydroxyl groups is 2. The van der Waals surface area contributed by atoms with Gasteiger partial charge in [0.15, 0.2) is 5.78 Å². The molecule has 418 valence electrons. The molecule has 2 aromatic heterocycles. The van der Waals surface area contributed by atoms with Crippen molar-refractivity contribution in [1.29, 1.82) is 0 Å². The van der Waals surface area contributed by atoms with Crippen LogP contribution in [0, 0.1) is 30.1 Å². The first-order chi connectivity index (χ1) is 36.3. The van der Waals surface area contributed by atoms with Gasteiger partial charge in [-0.15, -0.1) is 11.3 Å². The van der Waals surface area contributed by atoms with Crippen LogP contribution in [-0.2, 0) is 43.1 Å². The smallest absolute Gasteiger partial charge is 0.396 e. The van der Waals surface area contributed by atoms with E-state index in [9.17, 15) is 42.6 Å². The summed E-state index contributed by atoms with van der Waals surface area (Å²) in [5.74, 6) is -2.74. The molecule has 1 unspecified atom stereocenters. The summed E-state index contributed by atoms with van der Waals surface area (Å²) in [5.41, 5.74) is 5.58. The van der Waals surface area contributed by atoms with Gasteiger partial charge in [-0.25, -0.2) is 9.97 Å². The fourth-order valence-electron chi connectivity index (χ4n) is 10.7. The number of piperazine rings is 1. The Morgan fingerprint density at radius 2 is 1.55 bits per heavy atom. The largest absolute Gasteiger partial charge is 0.416 e. The number of hydrogen-bond donors (Lipinski definition) is 5. The Morgan fingerprint density at radius 1 is 0.857 bits per heavy atom. The molecule has 5 aromatic rings. The summed E-state index contributed by atoms with van der Waals surface area (Å²) in [6, 6.07) is 17.4. The summed E-state index contributed by atoms with van der Waals surface area (Å²) in [4.78, 5) is 69.1. The number of anilines is 1. The van der Waals surface area contributed by atoms with Gasteiger partial charge in [0.05, 0.1) is 70.6 Å². The molecule has 3 fully saturated rings. The molecule has 3 aliphatic rings. The van der Waals surface area contributed by atoms with E-state index >= 15 is 0 Å². The van der Waals surface area contributed by atoms with E-state index in [1.165, 1.54) is 12.1 Å². The van der Waals surface area contributed by atoms with E-state index in [2.05, 4.69) is 36.8 Å². The highest BCUT2D eigenvalue weighted by Crippen LogP contribution is 2.39. The Labute approximate surface area is 453 Å². The lowest BCUT2D eigenvalue weighted by atomic mass is 9.77. The molecule has 8 rings (SSSR count). The molecular formula is C57H75F3N8O8S. The van der Waals surface area contributed by atoms with Gasteiger partial charge >= 0.3 is 6.18 Å². The predicted molar refractivity (Wildman–Crippen MR) is 290 cm³/mol. The number of benzene rings is 3. The monoisotopic (exact) mass is 1090 g/mol. The number of nitrogens with zero attached hydrogens (tertiary/aromatic N) is 5. The molecule has 2 saturated carbocycles. The van der Waals surface area contributed by atoms with Crippen LogP contribution in [-0.4, -0.2) is 136 Å². The third-order valence-corrected chi connectivity index (χ3v) is 16.0. The highest BCUT2D eigenvalue weighted by molar-refractivity contribution is 7.13. The Balaban J connectivity index is 0.00000861. The average Bonchev–Trinajstić information content (AvgIpc) is 4.15. The Hall–Kier alpha value is -5.61. The minimum Gasteiger partial charge on any atom is -0.396 e. The number of aliphatic hydroxyl groups excluding tert-OH is 2. The number of imidazole rings is 1. The zero-order chi connectivity index (χ0) is 54.1. The standard InChI is InChI=1S/C56H71F3N8O8S.CH4/c1-35-50(76-34-61-35)39-13-8-36(9-14-39)30-60-53(73)45-29-43(69)28-44(45)49(71)51(55(2,3)4)63-48(70)33-75-25-24-74-23-22-65-18-20-66(21-19-65)31-38-12-17-47-46(26-38)62-54(67(47)42-15-10-37(32-68)11-16-42)64-52(72)40-6-5-7-41(27-40)56(57,58)59;/h5-9,12-14,17,26-27,34,37,42-45,51,68-69H,10-11,15-16,18-25,28-33H2,1-4H3,(H,60,73)(H,63,70)(H,62,64,72);1H4/t37?,42?,43-,44?,45+,51+;/m0./s1. The van der Waals surface area contributed by atoms with Gasteiger partial charge in [0.25, 0.3) is 5.91 Å². The van der Waals surface area contributed by atoms with Crippen LogP contribution in [0.4, 0.5) is 19.1 Å². The summed E-state index contributed by atoms with van der Waals surface area (Å²) in [5, 5.41) is 29.0. The number of amides is 3. The molecule has 20 heteroatoms. The Morgan fingerprint density at radius 3 is 2.22 bits per heavy atom. The van der Waals surface area contributed by atoms with Gasteiger partial charge in [0.1, 0.15) is 6.61 Å². The fourth-order valence-corrected chi connectivity index (χ4v) is 11.5. The van der Waals surface area contributed by atoms with Crippen molar-refractivity contribution in [1.82, 2.24) is 35.0 Å². The number of carbonyl (C=O) groups is 4. The first kappa shape index (κ1) is 59.1. The van der Waals surface area contributed by atoms with Gasteiger partial charge in [-0.2, -0.15) is 13.2 Å². The van der Waals surface area contributed by atoms with Crippen LogP contribution in [0.3, 0.4) is 0 Å². The fraction of sp³-hybridized carbons (Fsp3) is 0.544. The number of thiazole rings is 1. The van der Waals surface area contributed by atoms with E-state index in [4.69, 9.17) is 14.5 Å². The quantitative estimate of drug-likeness (QED) is 0.0444. The van der Waals surface area contributed by atoms with E-state index in [0.29, 0.717) is 18.7 Å². The number of hydrogen-bond acceptors (Lipinski definition) is 13. The van der Waals surface area contributed by atoms with Gasteiger partial charge < -0.3 is 34.9 Å². The first-order valence-corrected chi connectivity index (χ1v) is 27.2. The van der Waals surface area contributed by atoms with E-state index in [1.807, 2.05) is 74.2 Å². The number of ether oxygens (including phenoxy) is 2. The number of rotatable bonds is 21. The van der Waals surface area contributed by atoms with Gasteiger partial charge in [-0.1, -0.05) is 64.6 Å². The second-order valence-electron chi connectivity index (χ2n) is 21.6. The molecule has 1 aliphatic heterocycles. The van der Waals surface area contributed by atoms with Crippen LogP contribution >= 0.6 is 11.3 Å². The molecule has 0 bridgehead atoms. The maximum Gasteiger partial charge on any atom is 0.416 e. The molecule has 0 spiro atoms. The molecule has 4 atom stereocenters. The molecule has 2 aliphatic carbocycles. The van der Waals surface area contributed by atoms with Gasteiger partial charge in [0.2, 0.25) is 17.8 Å². The number of fused-ring (bicyclic) bond motifs is 1. The van der Waals surface area contributed by atoms with Crippen LogP contribution < -0.4 is 16.0 Å². The van der Waals surface area contributed by atoms with E-state index < -0.39 is 53.0 Å². The van der Waals surface area contributed by atoms with Crippen molar-refractivity contribution in [2.24, 2.45) is 23.2 Å². The number of halogens is 3. The minimum atomic E-state index is -4.59. The maximum absolute atomic E-state index is 14.1. The normalized spacial score (nSPS) is 20.9. The summed E-state index contributed by atoms with van der Waals surface area (Å²) in [6.45, 7) is 13.3. The Kier molecular flexibility index (Phi) is 20.2. The lowest BCUT2D eigenvalue weighted by Gasteiger charge is -2.34. The van der Waals surface area contributed by atoms with Crippen molar-refractivity contribution in [3.05, 3.63) is 100 Å². The third kappa shape index (κ3) is 15.4. The zero-order valence-electron chi connectivity index (χ0n) is 43.7. The van der Waals surface area contributed by atoms with Gasteiger partial charge in [0, 0.05) is 69.9 Å². The molecule has 0 radical (unpaired) electrons. The van der Waals surface area contributed by atoms with Gasteiger partial charge in [-0.3, -0.25) is 34.3 Å². The lowest BCUT2D eigenvalue weighted by molar-refractivity contribution is -0.138. The number of alkyl halides is 3. The van der Waals surface area contributed by atoms with Crippen molar-refractivity contribution in [2.45, 2.75) is 111 Å². The van der Waals surface area contributed by atoms with E-state index in [1.54, 1.807) is 11.3 Å². The van der Waals surface area contributed by atoms with Crippen molar-refractivity contribution >= 4 is 51.8 Å². The SMILES string of the molecule is C.Cc1ncsc1-c1ccc(CNC(=O)[C@@H]2C[C@@H](O)CC2C(=O)[C@@H](NC(=O)COCCOCCN2CCN(Cc3ccc4c(c3)nc(NC(=O)c3cccc(C(F)(F)F)c3)n4C3CCC(CO)CC3)CC2)C(C)(C)C)cc1. The number of aromatic nitrogens is 3. The molecule has 77 heavy (non-hydrogen) atoms. The summed E-state index contributed by atoms with van der Waals surface area (Å²) >= 11 is 1.57. The number of Topliss-reactive ketones (excluding diaryl/α,β-unsaturated/α-hetero) is 1. The number of nitrogens with one attached hydrogen (secondary N) is 3. The van der Waals surface area contributed by atoms with E-state index in [-0.39, 0.29) is 88.4 Å². The molecule has 3 heterocycles.